The summed E-state index contributed by atoms with van der Waals surface area (Å²) in [5, 5.41) is 9.69. The summed E-state index contributed by atoms with van der Waals surface area (Å²) >= 11 is 0. The predicted octanol–water partition coefficient (Wildman–Crippen LogP) is 2.78. The molecule has 1 aromatic rings. The second-order valence-corrected chi connectivity index (χ2v) is 6.30. The average molecular weight is 279 g/mol. The first-order valence-corrected chi connectivity index (χ1v) is 7.65. The van der Waals surface area contributed by atoms with Crippen molar-refractivity contribution in [1.82, 2.24) is 4.72 Å². The van der Waals surface area contributed by atoms with Gasteiger partial charge < -0.3 is 5.11 Å². The Labute approximate surface area is 113 Å². The lowest BCUT2D eigenvalue weighted by molar-refractivity contribution is 0.388. The molecule has 19 heavy (non-hydrogen) atoms. The Morgan fingerprint density at radius 1 is 1.32 bits per heavy atom. The van der Waals surface area contributed by atoms with Crippen LogP contribution in [0, 0.1) is 6.92 Å². The molecule has 0 radical (unpaired) electrons. The van der Waals surface area contributed by atoms with Crippen molar-refractivity contribution in [3.63, 3.8) is 0 Å². The molecule has 0 amide bonds. The van der Waals surface area contributed by atoms with Crippen molar-refractivity contribution in [2.24, 2.45) is 0 Å². The normalized spacial score (nSPS) is 16.3. The fraction of sp³-hybridized carbons (Fsp3) is 0.286. The van der Waals surface area contributed by atoms with E-state index < -0.39 is 10.0 Å². The lowest BCUT2D eigenvalue weighted by atomic mass is 10.2. The molecular weight excluding hydrogens is 262 g/mol. The van der Waals surface area contributed by atoms with E-state index in [2.05, 4.69) is 4.72 Å². The van der Waals surface area contributed by atoms with Crippen molar-refractivity contribution in [2.45, 2.75) is 31.1 Å². The zero-order chi connectivity index (χ0) is 13.9. The summed E-state index contributed by atoms with van der Waals surface area (Å²) in [4.78, 5) is 0.137. The van der Waals surface area contributed by atoms with Gasteiger partial charge in [-0.3, -0.25) is 0 Å². The van der Waals surface area contributed by atoms with Crippen LogP contribution >= 0.6 is 0 Å². The molecule has 4 nitrogen and oxygen atoms in total. The molecule has 0 heterocycles. The standard InChI is InChI=1S/C14H17NO3S/c1-11-6-8-13(9-7-11)19(17,18)15-14(16)10-12-4-2-3-5-12/h4,6-10,15-16H,2-3,5H2,1H3/b14-10-. The summed E-state index contributed by atoms with van der Waals surface area (Å²) in [6, 6.07) is 6.46. The summed E-state index contributed by atoms with van der Waals surface area (Å²) in [5.74, 6) is -0.339. The third-order valence-corrected chi connectivity index (χ3v) is 4.34. The molecule has 0 atom stereocenters. The van der Waals surface area contributed by atoms with E-state index in [0.29, 0.717) is 0 Å². The quantitative estimate of drug-likeness (QED) is 0.833. The number of hydrogen-bond acceptors (Lipinski definition) is 3. The predicted molar refractivity (Wildman–Crippen MR) is 74.1 cm³/mol. The second-order valence-electron chi connectivity index (χ2n) is 4.62. The first-order valence-electron chi connectivity index (χ1n) is 6.16. The molecule has 102 valence electrons. The van der Waals surface area contributed by atoms with Gasteiger partial charge >= 0.3 is 0 Å². The molecule has 0 unspecified atom stereocenters. The molecule has 0 saturated heterocycles. The van der Waals surface area contributed by atoms with E-state index in [1.165, 1.54) is 18.2 Å². The van der Waals surface area contributed by atoms with Crippen LogP contribution in [0.4, 0.5) is 0 Å². The van der Waals surface area contributed by atoms with Gasteiger partial charge in [-0.15, -0.1) is 0 Å². The van der Waals surface area contributed by atoms with E-state index in [1.54, 1.807) is 12.1 Å². The Morgan fingerprint density at radius 2 is 2.00 bits per heavy atom. The smallest absolute Gasteiger partial charge is 0.264 e. The molecule has 2 N–H and O–H groups in total. The number of allylic oxidation sites excluding steroid dienone is 3. The van der Waals surface area contributed by atoms with Crippen molar-refractivity contribution < 1.29 is 13.5 Å². The second kappa shape index (κ2) is 5.48. The SMILES string of the molecule is Cc1ccc(S(=O)(=O)N/C(O)=C/C2=CCCC2)cc1. The zero-order valence-electron chi connectivity index (χ0n) is 10.8. The van der Waals surface area contributed by atoms with Crippen LogP contribution in [0.5, 0.6) is 0 Å². The molecule has 1 aliphatic rings. The maximum absolute atomic E-state index is 12.0. The van der Waals surface area contributed by atoms with Crippen molar-refractivity contribution in [3.05, 3.63) is 53.4 Å². The molecule has 0 fully saturated rings. The van der Waals surface area contributed by atoms with E-state index in [-0.39, 0.29) is 10.8 Å². The Balaban J connectivity index is 2.14. The lowest BCUT2D eigenvalue weighted by Gasteiger charge is -2.07. The minimum absolute atomic E-state index is 0.137. The Morgan fingerprint density at radius 3 is 2.58 bits per heavy atom. The Hall–Kier alpha value is -1.75. The van der Waals surface area contributed by atoms with Crippen LogP contribution in [0.25, 0.3) is 0 Å². The number of aryl methyl sites for hydroxylation is 1. The largest absolute Gasteiger partial charge is 0.494 e. The van der Waals surface area contributed by atoms with Gasteiger partial charge in [-0.05, 0) is 43.9 Å². The molecule has 5 heteroatoms. The van der Waals surface area contributed by atoms with Crippen LogP contribution in [-0.2, 0) is 10.0 Å². The topological polar surface area (TPSA) is 66.4 Å². The van der Waals surface area contributed by atoms with Gasteiger partial charge in [-0.1, -0.05) is 23.8 Å². The molecule has 1 aliphatic carbocycles. The molecule has 0 spiro atoms. The first kappa shape index (κ1) is 13.7. The summed E-state index contributed by atoms with van der Waals surface area (Å²) in [5.41, 5.74) is 1.94. The number of nitrogens with one attached hydrogen (secondary N) is 1. The molecule has 1 aromatic carbocycles. The van der Waals surface area contributed by atoms with Gasteiger partial charge in [0.1, 0.15) is 0 Å². The average Bonchev–Trinajstić information content (AvgIpc) is 2.81. The van der Waals surface area contributed by atoms with Crippen LogP contribution in [-0.4, -0.2) is 13.5 Å². The third-order valence-electron chi connectivity index (χ3n) is 2.97. The Bertz CT molecular complexity index is 613. The number of sulfonamides is 1. The van der Waals surface area contributed by atoms with E-state index in [1.807, 2.05) is 13.0 Å². The monoisotopic (exact) mass is 279 g/mol. The van der Waals surface area contributed by atoms with E-state index >= 15 is 0 Å². The van der Waals surface area contributed by atoms with Crippen molar-refractivity contribution in [2.75, 3.05) is 0 Å². The van der Waals surface area contributed by atoms with Gasteiger partial charge in [0.25, 0.3) is 10.0 Å². The molecule has 0 aliphatic heterocycles. The van der Waals surface area contributed by atoms with Crippen molar-refractivity contribution >= 4 is 10.0 Å². The van der Waals surface area contributed by atoms with Gasteiger partial charge in [0, 0.05) is 6.08 Å². The lowest BCUT2D eigenvalue weighted by Crippen LogP contribution is -2.23. The molecule has 0 aromatic heterocycles. The maximum atomic E-state index is 12.0. The Kier molecular flexibility index (Phi) is 3.95. The fourth-order valence-electron chi connectivity index (χ4n) is 1.95. The highest BCUT2D eigenvalue weighted by molar-refractivity contribution is 7.89. The maximum Gasteiger partial charge on any atom is 0.264 e. The van der Waals surface area contributed by atoms with Crippen molar-refractivity contribution in [3.8, 4) is 0 Å². The molecule has 0 saturated carbocycles. The van der Waals surface area contributed by atoms with E-state index in [9.17, 15) is 13.5 Å². The number of hydrogen-bond donors (Lipinski definition) is 2. The van der Waals surface area contributed by atoms with Crippen LogP contribution in [0.3, 0.4) is 0 Å². The van der Waals surface area contributed by atoms with Gasteiger partial charge in [0.15, 0.2) is 5.88 Å². The summed E-state index contributed by atoms with van der Waals surface area (Å²) < 4.78 is 26.2. The van der Waals surface area contributed by atoms with Crippen LogP contribution in [0.2, 0.25) is 0 Å². The summed E-state index contributed by atoms with van der Waals surface area (Å²) in [6.07, 6.45) is 6.36. The number of aliphatic hydroxyl groups excluding tert-OH is 1. The number of benzene rings is 1. The van der Waals surface area contributed by atoms with Gasteiger partial charge in [0.2, 0.25) is 0 Å². The van der Waals surface area contributed by atoms with Gasteiger partial charge in [0.05, 0.1) is 4.90 Å². The number of rotatable bonds is 4. The highest BCUT2D eigenvalue weighted by Crippen LogP contribution is 2.19. The fourth-order valence-corrected chi connectivity index (χ4v) is 2.89. The van der Waals surface area contributed by atoms with E-state index in [4.69, 9.17) is 0 Å². The van der Waals surface area contributed by atoms with Gasteiger partial charge in [-0.2, -0.15) is 0 Å². The minimum Gasteiger partial charge on any atom is -0.494 e. The minimum atomic E-state index is -3.71. The van der Waals surface area contributed by atoms with Crippen molar-refractivity contribution in [1.29, 1.82) is 0 Å². The molecular formula is C14H17NO3S. The zero-order valence-corrected chi connectivity index (χ0v) is 11.6. The van der Waals surface area contributed by atoms with Gasteiger partial charge in [-0.25, -0.2) is 13.1 Å². The number of aliphatic hydroxyl groups is 1. The first-order chi connectivity index (χ1) is 8.97. The highest BCUT2D eigenvalue weighted by Gasteiger charge is 2.15. The van der Waals surface area contributed by atoms with Crippen LogP contribution < -0.4 is 4.72 Å². The third kappa shape index (κ3) is 3.61. The molecule has 2 rings (SSSR count). The summed E-state index contributed by atoms with van der Waals surface area (Å²) in [6.45, 7) is 1.88. The van der Waals surface area contributed by atoms with Crippen LogP contribution in [0.1, 0.15) is 24.8 Å². The highest BCUT2D eigenvalue weighted by atomic mass is 32.2. The van der Waals surface area contributed by atoms with E-state index in [0.717, 1.165) is 30.4 Å². The molecule has 0 bridgehead atoms. The summed E-state index contributed by atoms with van der Waals surface area (Å²) in [7, 11) is -3.71. The van der Waals surface area contributed by atoms with Crippen LogP contribution in [0.15, 0.2) is 52.8 Å².